The molecule has 0 unspecified atom stereocenters. The number of rotatable bonds is 13. The van der Waals surface area contributed by atoms with Gasteiger partial charge in [0, 0.05) is 43.4 Å². The van der Waals surface area contributed by atoms with Crippen LogP contribution in [0, 0.1) is 0 Å². The van der Waals surface area contributed by atoms with Gasteiger partial charge in [-0.2, -0.15) is 4.37 Å². The van der Waals surface area contributed by atoms with Crippen molar-refractivity contribution in [2.24, 2.45) is 0 Å². The molecule has 5 aromatic rings. The highest BCUT2D eigenvalue weighted by Gasteiger charge is 2.18. The summed E-state index contributed by atoms with van der Waals surface area (Å²) in [4.78, 5) is 19.7. The standard InChI is InChI=1S/C32H32N4O2S/c37-31(33-20-18-29(26-13-6-2-7-14-26)27-15-8-3-9-16-27)19-21-36(24-28-17-10-22-38-28)32-34-30(35-39-32)23-25-11-4-1-5-12-25/h1-17,22,29H,18-21,23-24H2,(H,33,37). The Morgan fingerprint density at radius 1 is 0.872 bits per heavy atom. The van der Waals surface area contributed by atoms with Crippen molar-refractivity contribution in [3.8, 4) is 0 Å². The van der Waals surface area contributed by atoms with Gasteiger partial charge in [0.1, 0.15) is 11.6 Å². The third kappa shape index (κ3) is 7.65. The molecule has 0 aliphatic rings. The van der Waals surface area contributed by atoms with Gasteiger partial charge in [0.15, 0.2) is 0 Å². The molecule has 198 valence electrons. The van der Waals surface area contributed by atoms with Crippen molar-refractivity contribution in [3.05, 3.63) is 138 Å². The summed E-state index contributed by atoms with van der Waals surface area (Å²) in [6.07, 6.45) is 3.53. The van der Waals surface area contributed by atoms with E-state index in [-0.39, 0.29) is 11.8 Å². The highest BCUT2D eigenvalue weighted by molar-refractivity contribution is 7.09. The van der Waals surface area contributed by atoms with Crippen molar-refractivity contribution in [3.63, 3.8) is 0 Å². The molecule has 2 heterocycles. The average Bonchev–Trinajstić information content (AvgIpc) is 3.67. The molecule has 0 saturated heterocycles. The Bertz CT molecular complexity index is 1370. The third-order valence-corrected chi connectivity index (χ3v) is 7.44. The third-order valence-electron chi connectivity index (χ3n) is 6.63. The molecule has 0 saturated carbocycles. The molecule has 0 atom stereocenters. The van der Waals surface area contributed by atoms with Crippen molar-refractivity contribution in [1.82, 2.24) is 14.7 Å². The molecule has 0 radical (unpaired) electrons. The number of furan rings is 1. The van der Waals surface area contributed by atoms with Crippen LogP contribution < -0.4 is 10.2 Å². The quantitative estimate of drug-likeness (QED) is 0.187. The van der Waals surface area contributed by atoms with E-state index in [4.69, 9.17) is 9.40 Å². The Morgan fingerprint density at radius 2 is 1.54 bits per heavy atom. The summed E-state index contributed by atoms with van der Waals surface area (Å²) in [5.74, 6) is 1.85. The highest BCUT2D eigenvalue weighted by Crippen LogP contribution is 2.27. The maximum absolute atomic E-state index is 12.9. The second-order valence-electron chi connectivity index (χ2n) is 9.42. The van der Waals surface area contributed by atoms with Crippen LogP contribution in [0.5, 0.6) is 0 Å². The van der Waals surface area contributed by atoms with Gasteiger partial charge in [-0.1, -0.05) is 91.0 Å². The zero-order chi connectivity index (χ0) is 26.7. The lowest BCUT2D eigenvalue weighted by atomic mass is 9.88. The second-order valence-corrected chi connectivity index (χ2v) is 10.1. The second kappa shape index (κ2) is 13.5. The number of nitrogens with one attached hydrogen (secondary N) is 1. The van der Waals surface area contributed by atoms with Crippen LogP contribution in [-0.4, -0.2) is 28.4 Å². The minimum Gasteiger partial charge on any atom is -0.467 e. The molecule has 1 N–H and O–H groups in total. The number of amides is 1. The van der Waals surface area contributed by atoms with Gasteiger partial charge in [-0.25, -0.2) is 4.98 Å². The van der Waals surface area contributed by atoms with Gasteiger partial charge in [-0.15, -0.1) is 0 Å². The lowest BCUT2D eigenvalue weighted by Crippen LogP contribution is -2.31. The first kappa shape index (κ1) is 26.4. The van der Waals surface area contributed by atoms with Crippen molar-refractivity contribution < 1.29 is 9.21 Å². The SMILES string of the molecule is O=C(CCN(Cc1ccco1)c1nc(Cc2ccccc2)ns1)NCCC(c1ccccc1)c1ccccc1. The summed E-state index contributed by atoms with van der Waals surface area (Å²) in [6, 6.07) is 34.9. The number of hydrogen-bond donors (Lipinski definition) is 1. The van der Waals surface area contributed by atoms with E-state index in [0.717, 1.165) is 23.1 Å². The fourth-order valence-electron chi connectivity index (χ4n) is 4.63. The Kier molecular flexibility index (Phi) is 9.15. The number of hydrogen-bond acceptors (Lipinski definition) is 6. The first-order valence-electron chi connectivity index (χ1n) is 13.2. The van der Waals surface area contributed by atoms with E-state index in [1.165, 1.54) is 28.2 Å². The summed E-state index contributed by atoms with van der Waals surface area (Å²) >= 11 is 1.36. The van der Waals surface area contributed by atoms with Gasteiger partial charge in [0.05, 0.1) is 12.8 Å². The smallest absolute Gasteiger partial charge is 0.221 e. The van der Waals surface area contributed by atoms with Gasteiger partial charge in [0.25, 0.3) is 0 Å². The molecule has 39 heavy (non-hydrogen) atoms. The maximum Gasteiger partial charge on any atom is 0.221 e. The number of aromatic nitrogens is 2. The largest absolute Gasteiger partial charge is 0.467 e. The number of carbonyl (C=O) groups is 1. The van der Waals surface area contributed by atoms with E-state index < -0.39 is 0 Å². The number of carbonyl (C=O) groups excluding carboxylic acids is 1. The molecule has 6 nitrogen and oxygen atoms in total. The highest BCUT2D eigenvalue weighted by atomic mass is 32.1. The van der Waals surface area contributed by atoms with E-state index in [1.807, 2.05) is 42.5 Å². The van der Waals surface area contributed by atoms with E-state index in [2.05, 4.69) is 75.3 Å². The van der Waals surface area contributed by atoms with Crippen LogP contribution in [-0.2, 0) is 17.8 Å². The summed E-state index contributed by atoms with van der Waals surface area (Å²) < 4.78 is 10.2. The Hall–Kier alpha value is -4.23. The molecule has 5 rings (SSSR count). The monoisotopic (exact) mass is 536 g/mol. The van der Waals surface area contributed by atoms with Crippen LogP contribution in [0.3, 0.4) is 0 Å². The first-order valence-corrected chi connectivity index (χ1v) is 14.0. The number of nitrogens with zero attached hydrogens (tertiary/aromatic N) is 3. The normalized spacial score (nSPS) is 11.0. The predicted octanol–water partition coefficient (Wildman–Crippen LogP) is 6.46. The van der Waals surface area contributed by atoms with E-state index in [1.54, 1.807) is 6.26 Å². The van der Waals surface area contributed by atoms with Crippen LogP contribution in [0.4, 0.5) is 5.13 Å². The molecule has 3 aromatic carbocycles. The molecule has 0 aliphatic heterocycles. The molecule has 2 aromatic heterocycles. The van der Waals surface area contributed by atoms with Crippen molar-refractivity contribution in [2.75, 3.05) is 18.0 Å². The lowest BCUT2D eigenvalue weighted by molar-refractivity contribution is -0.120. The Labute approximate surface area is 233 Å². The molecular weight excluding hydrogens is 504 g/mol. The van der Waals surface area contributed by atoms with Crippen molar-refractivity contribution in [1.29, 1.82) is 0 Å². The minimum absolute atomic E-state index is 0.0216. The van der Waals surface area contributed by atoms with Gasteiger partial charge in [-0.3, -0.25) is 4.79 Å². The van der Waals surface area contributed by atoms with Crippen LogP contribution in [0.2, 0.25) is 0 Å². The van der Waals surface area contributed by atoms with E-state index in [9.17, 15) is 4.79 Å². The fraction of sp³-hybridized carbons (Fsp3) is 0.219. The predicted molar refractivity (Wildman–Crippen MR) is 156 cm³/mol. The molecule has 0 spiro atoms. The molecule has 7 heteroatoms. The van der Waals surface area contributed by atoms with Gasteiger partial charge in [-0.05, 0) is 35.2 Å². The zero-order valence-corrected chi connectivity index (χ0v) is 22.6. The summed E-state index contributed by atoms with van der Waals surface area (Å²) in [5.41, 5.74) is 3.68. The summed E-state index contributed by atoms with van der Waals surface area (Å²) in [5, 5.41) is 3.92. The average molecular weight is 537 g/mol. The molecule has 1 amide bonds. The maximum atomic E-state index is 12.9. The van der Waals surface area contributed by atoms with E-state index >= 15 is 0 Å². The van der Waals surface area contributed by atoms with Crippen LogP contribution >= 0.6 is 11.5 Å². The molecular formula is C32H32N4O2S. The van der Waals surface area contributed by atoms with E-state index in [0.29, 0.717) is 32.5 Å². The Morgan fingerprint density at radius 3 is 2.18 bits per heavy atom. The van der Waals surface area contributed by atoms with Gasteiger partial charge < -0.3 is 14.6 Å². The van der Waals surface area contributed by atoms with Crippen molar-refractivity contribution >= 4 is 22.6 Å². The van der Waals surface area contributed by atoms with Crippen LogP contribution in [0.25, 0.3) is 0 Å². The van der Waals surface area contributed by atoms with Crippen molar-refractivity contribution in [2.45, 2.75) is 31.7 Å². The number of benzene rings is 3. The molecule has 0 aliphatic carbocycles. The summed E-state index contributed by atoms with van der Waals surface area (Å²) in [7, 11) is 0. The number of anilines is 1. The van der Waals surface area contributed by atoms with Gasteiger partial charge >= 0.3 is 0 Å². The molecule has 0 fully saturated rings. The lowest BCUT2D eigenvalue weighted by Gasteiger charge is -2.21. The first-order chi connectivity index (χ1) is 19.2. The zero-order valence-electron chi connectivity index (χ0n) is 21.8. The Balaban J connectivity index is 1.18. The summed E-state index contributed by atoms with van der Waals surface area (Å²) in [6.45, 7) is 1.66. The fourth-order valence-corrected chi connectivity index (χ4v) is 5.34. The van der Waals surface area contributed by atoms with Crippen LogP contribution in [0.1, 0.15) is 47.0 Å². The van der Waals surface area contributed by atoms with Gasteiger partial charge in [0.2, 0.25) is 11.0 Å². The molecule has 0 bridgehead atoms. The van der Waals surface area contributed by atoms with Crippen LogP contribution in [0.15, 0.2) is 114 Å². The minimum atomic E-state index is 0.0216. The topological polar surface area (TPSA) is 71.3 Å².